The van der Waals surface area contributed by atoms with Crippen molar-refractivity contribution >= 4 is 23.2 Å². The Balaban J connectivity index is 2.41. The van der Waals surface area contributed by atoms with Crippen LogP contribution in [0.3, 0.4) is 0 Å². The molecule has 1 aromatic rings. The minimum Gasteiger partial charge on any atom is -0.308 e. The molecule has 0 aromatic heterocycles. The first-order valence-corrected chi connectivity index (χ1v) is 5.73. The number of alkyl halides is 1. The molecule has 0 fully saturated rings. The van der Waals surface area contributed by atoms with Gasteiger partial charge in [0.25, 0.3) is 0 Å². The van der Waals surface area contributed by atoms with Gasteiger partial charge >= 0.3 is 0 Å². The highest BCUT2D eigenvalue weighted by molar-refractivity contribution is 6.29. The molecule has 2 rings (SSSR count). The number of carbonyl (C=O) groups excluding carboxylic acids is 1. The zero-order valence-electron chi connectivity index (χ0n) is 8.74. The summed E-state index contributed by atoms with van der Waals surface area (Å²) >= 11 is 5.63. The normalized spacial score (nSPS) is 19.9. The van der Waals surface area contributed by atoms with Crippen molar-refractivity contribution in [3.05, 3.63) is 29.8 Å². The number of hydrogen-bond acceptors (Lipinski definition) is 1. The fraction of sp³-hybridized carbons (Fsp3) is 0.417. The highest BCUT2D eigenvalue weighted by Gasteiger charge is 2.26. The fourth-order valence-electron chi connectivity index (χ4n) is 2.13. The summed E-state index contributed by atoms with van der Waals surface area (Å²) in [7, 11) is 0. The van der Waals surface area contributed by atoms with Gasteiger partial charge in [-0.3, -0.25) is 4.79 Å². The Morgan fingerprint density at radius 1 is 1.53 bits per heavy atom. The summed E-state index contributed by atoms with van der Waals surface area (Å²) in [5, 5.41) is 0. The summed E-state index contributed by atoms with van der Waals surface area (Å²) in [6.45, 7) is 2.07. The van der Waals surface area contributed by atoms with Gasteiger partial charge in [0.15, 0.2) is 0 Å². The van der Waals surface area contributed by atoms with Crippen molar-refractivity contribution in [3.8, 4) is 0 Å². The standard InChI is InChI=1S/C12H14ClNO/c1-9-6-7-10-4-2-3-5-11(10)14(9)12(15)8-13/h2-5,9H,6-8H2,1H3/t9-/m1/s1. The smallest absolute Gasteiger partial charge is 0.242 e. The van der Waals surface area contributed by atoms with E-state index in [0.717, 1.165) is 18.5 Å². The van der Waals surface area contributed by atoms with E-state index in [0.29, 0.717) is 0 Å². The molecule has 15 heavy (non-hydrogen) atoms. The average molecular weight is 224 g/mol. The molecule has 0 saturated heterocycles. The second-order valence-corrected chi connectivity index (χ2v) is 4.18. The van der Waals surface area contributed by atoms with Crippen LogP contribution in [0.5, 0.6) is 0 Å². The average Bonchev–Trinajstić information content (AvgIpc) is 2.28. The van der Waals surface area contributed by atoms with Crippen LogP contribution in [0, 0.1) is 0 Å². The number of rotatable bonds is 1. The van der Waals surface area contributed by atoms with E-state index < -0.39 is 0 Å². The number of fused-ring (bicyclic) bond motifs is 1. The molecule has 3 heteroatoms. The third kappa shape index (κ3) is 1.86. The Kier molecular flexibility index (Phi) is 2.96. The topological polar surface area (TPSA) is 20.3 Å². The Morgan fingerprint density at radius 2 is 2.27 bits per heavy atom. The molecule has 1 amide bonds. The molecular formula is C12H14ClNO. The molecule has 1 aromatic carbocycles. The van der Waals surface area contributed by atoms with Gasteiger partial charge in [0.1, 0.15) is 5.88 Å². The van der Waals surface area contributed by atoms with Crippen LogP contribution >= 0.6 is 11.6 Å². The zero-order chi connectivity index (χ0) is 10.8. The first-order valence-electron chi connectivity index (χ1n) is 5.20. The van der Waals surface area contributed by atoms with Crippen LogP contribution < -0.4 is 4.90 Å². The van der Waals surface area contributed by atoms with Gasteiger partial charge in [-0.15, -0.1) is 11.6 Å². The lowest BCUT2D eigenvalue weighted by Crippen LogP contribution is -2.42. The molecule has 1 heterocycles. The quantitative estimate of drug-likeness (QED) is 0.671. The van der Waals surface area contributed by atoms with Crippen molar-refractivity contribution in [2.24, 2.45) is 0 Å². The summed E-state index contributed by atoms with van der Waals surface area (Å²) in [6.07, 6.45) is 2.06. The van der Waals surface area contributed by atoms with E-state index >= 15 is 0 Å². The van der Waals surface area contributed by atoms with Crippen molar-refractivity contribution in [1.82, 2.24) is 0 Å². The van der Waals surface area contributed by atoms with Crippen molar-refractivity contribution in [2.75, 3.05) is 10.8 Å². The summed E-state index contributed by atoms with van der Waals surface area (Å²) in [4.78, 5) is 13.6. The van der Waals surface area contributed by atoms with E-state index in [1.165, 1.54) is 5.56 Å². The summed E-state index contributed by atoms with van der Waals surface area (Å²) in [6, 6.07) is 8.31. The monoisotopic (exact) mass is 223 g/mol. The van der Waals surface area contributed by atoms with Crippen LogP contribution in [0.4, 0.5) is 5.69 Å². The molecule has 2 nitrogen and oxygen atoms in total. The number of anilines is 1. The maximum absolute atomic E-state index is 11.7. The molecule has 0 N–H and O–H groups in total. The lowest BCUT2D eigenvalue weighted by atomic mass is 9.97. The predicted molar refractivity (Wildman–Crippen MR) is 62.4 cm³/mol. The first-order chi connectivity index (χ1) is 7.24. The predicted octanol–water partition coefficient (Wildman–Crippen LogP) is 2.59. The van der Waals surface area contributed by atoms with Gasteiger partial charge in [0.05, 0.1) is 0 Å². The van der Waals surface area contributed by atoms with E-state index in [1.54, 1.807) is 0 Å². The zero-order valence-corrected chi connectivity index (χ0v) is 9.50. The molecule has 0 saturated carbocycles. The van der Waals surface area contributed by atoms with Crippen LogP contribution in [0.1, 0.15) is 18.9 Å². The van der Waals surface area contributed by atoms with E-state index in [4.69, 9.17) is 11.6 Å². The van der Waals surface area contributed by atoms with Gasteiger partial charge in [-0.05, 0) is 31.4 Å². The largest absolute Gasteiger partial charge is 0.308 e. The van der Waals surface area contributed by atoms with E-state index in [2.05, 4.69) is 13.0 Å². The van der Waals surface area contributed by atoms with Crippen LogP contribution in [0.15, 0.2) is 24.3 Å². The number of amides is 1. The van der Waals surface area contributed by atoms with Gasteiger partial charge in [-0.25, -0.2) is 0 Å². The molecule has 1 atom stereocenters. The number of hydrogen-bond donors (Lipinski definition) is 0. The fourth-order valence-corrected chi connectivity index (χ4v) is 2.26. The Morgan fingerprint density at radius 3 is 3.00 bits per heavy atom. The summed E-state index contributed by atoms with van der Waals surface area (Å²) in [5.74, 6) is 0.0508. The van der Waals surface area contributed by atoms with Gasteiger partial charge < -0.3 is 4.90 Å². The third-order valence-electron chi connectivity index (χ3n) is 2.91. The van der Waals surface area contributed by atoms with Crippen LogP contribution in [-0.4, -0.2) is 17.8 Å². The third-order valence-corrected chi connectivity index (χ3v) is 3.14. The first kappa shape index (κ1) is 10.5. The van der Waals surface area contributed by atoms with E-state index in [9.17, 15) is 4.79 Å². The molecule has 1 aliphatic heterocycles. The Bertz CT molecular complexity index is 378. The van der Waals surface area contributed by atoms with Crippen molar-refractivity contribution in [2.45, 2.75) is 25.8 Å². The molecule has 0 bridgehead atoms. The van der Waals surface area contributed by atoms with Gasteiger partial charge in [-0.1, -0.05) is 18.2 Å². The van der Waals surface area contributed by atoms with Crippen molar-refractivity contribution < 1.29 is 4.79 Å². The van der Waals surface area contributed by atoms with Crippen molar-refractivity contribution in [1.29, 1.82) is 0 Å². The lowest BCUT2D eigenvalue weighted by Gasteiger charge is -2.34. The minimum atomic E-state index is -0.00341. The van der Waals surface area contributed by atoms with Gasteiger partial charge in [0.2, 0.25) is 5.91 Å². The SMILES string of the molecule is C[C@@H]1CCc2ccccc2N1C(=O)CCl. The maximum Gasteiger partial charge on any atom is 0.242 e. The molecule has 0 radical (unpaired) electrons. The molecule has 80 valence electrons. The molecular weight excluding hydrogens is 210 g/mol. The number of halogens is 1. The van der Waals surface area contributed by atoms with Crippen LogP contribution in [-0.2, 0) is 11.2 Å². The van der Waals surface area contributed by atoms with E-state index in [1.807, 2.05) is 23.1 Å². The highest BCUT2D eigenvalue weighted by atomic mass is 35.5. The second kappa shape index (κ2) is 4.23. The van der Waals surface area contributed by atoms with Crippen molar-refractivity contribution in [3.63, 3.8) is 0 Å². The minimum absolute atomic E-state index is 0.00341. The number of carbonyl (C=O) groups is 1. The number of nitrogens with zero attached hydrogens (tertiary/aromatic N) is 1. The number of aryl methyl sites for hydroxylation is 1. The van der Waals surface area contributed by atoms with E-state index in [-0.39, 0.29) is 17.8 Å². The van der Waals surface area contributed by atoms with Crippen LogP contribution in [0.25, 0.3) is 0 Å². The Hall–Kier alpha value is -1.02. The maximum atomic E-state index is 11.7. The molecule has 0 aliphatic carbocycles. The molecule has 0 spiro atoms. The van der Waals surface area contributed by atoms with Crippen LogP contribution in [0.2, 0.25) is 0 Å². The molecule has 0 unspecified atom stereocenters. The van der Waals surface area contributed by atoms with Gasteiger partial charge in [0, 0.05) is 11.7 Å². The number of benzene rings is 1. The highest BCUT2D eigenvalue weighted by Crippen LogP contribution is 2.30. The summed E-state index contributed by atoms with van der Waals surface area (Å²) < 4.78 is 0. The Labute approximate surface area is 94.8 Å². The molecule has 1 aliphatic rings. The second-order valence-electron chi connectivity index (χ2n) is 3.91. The number of para-hydroxylation sites is 1. The lowest BCUT2D eigenvalue weighted by molar-refractivity contribution is -0.116. The summed E-state index contributed by atoms with van der Waals surface area (Å²) in [5.41, 5.74) is 2.27. The van der Waals surface area contributed by atoms with Gasteiger partial charge in [-0.2, -0.15) is 0 Å².